The van der Waals surface area contributed by atoms with Crippen LogP contribution in [0.25, 0.3) is 0 Å². The predicted octanol–water partition coefficient (Wildman–Crippen LogP) is 2.01. The normalized spacial score (nSPS) is 11.4. The lowest BCUT2D eigenvalue weighted by Gasteiger charge is -2.08. The average Bonchev–Trinajstić information content (AvgIpc) is 2.37. The van der Waals surface area contributed by atoms with E-state index in [4.69, 9.17) is 0 Å². The number of benzene rings is 2. The molecule has 0 unspecified atom stereocenters. The van der Waals surface area contributed by atoms with Crippen molar-refractivity contribution in [1.29, 1.82) is 0 Å². The molecule has 0 aliphatic carbocycles. The molecule has 0 aromatic heterocycles. The van der Waals surface area contributed by atoms with Crippen LogP contribution in [-0.4, -0.2) is 13.5 Å². The van der Waals surface area contributed by atoms with Crippen LogP contribution in [-0.2, 0) is 16.6 Å². The van der Waals surface area contributed by atoms with Gasteiger partial charge in [0.1, 0.15) is 16.5 Å². The first-order valence-electron chi connectivity index (χ1n) is 5.51. The molecule has 0 aliphatic rings. The van der Waals surface area contributed by atoms with E-state index in [-0.39, 0.29) is 17.2 Å². The smallest absolute Gasteiger partial charge is 0.244 e. The van der Waals surface area contributed by atoms with Gasteiger partial charge in [-0.2, -0.15) is 0 Å². The monoisotopic (exact) mass is 281 g/mol. The van der Waals surface area contributed by atoms with E-state index in [2.05, 4.69) is 4.72 Å². The first-order chi connectivity index (χ1) is 8.99. The number of phenols is 1. The van der Waals surface area contributed by atoms with Crippen molar-refractivity contribution < 1.29 is 17.9 Å². The topological polar surface area (TPSA) is 66.4 Å². The molecule has 0 heterocycles. The van der Waals surface area contributed by atoms with Gasteiger partial charge in [-0.3, -0.25) is 0 Å². The number of sulfonamides is 1. The van der Waals surface area contributed by atoms with Gasteiger partial charge in [0, 0.05) is 6.54 Å². The van der Waals surface area contributed by atoms with Gasteiger partial charge < -0.3 is 5.11 Å². The number of rotatable bonds is 4. The van der Waals surface area contributed by atoms with Crippen molar-refractivity contribution >= 4 is 10.0 Å². The van der Waals surface area contributed by atoms with Crippen molar-refractivity contribution in [3.05, 3.63) is 59.9 Å². The summed E-state index contributed by atoms with van der Waals surface area (Å²) in [5, 5.41) is 9.51. The van der Waals surface area contributed by atoms with Crippen molar-refractivity contribution in [3.8, 4) is 5.75 Å². The van der Waals surface area contributed by atoms with E-state index >= 15 is 0 Å². The fourth-order valence-electron chi connectivity index (χ4n) is 1.59. The molecule has 100 valence electrons. The molecule has 2 aromatic carbocycles. The minimum Gasteiger partial charge on any atom is -0.507 e. The Balaban J connectivity index is 2.17. The number of aromatic hydroxyl groups is 1. The summed E-state index contributed by atoms with van der Waals surface area (Å²) in [6.07, 6.45) is 0. The van der Waals surface area contributed by atoms with E-state index < -0.39 is 15.8 Å². The molecule has 0 amide bonds. The number of hydrogen-bond donors (Lipinski definition) is 2. The maximum Gasteiger partial charge on any atom is 0.244 e. The molecule has 2 aromatic rings. The van der Waals surface area contributed by atoms with E-state index in [1.165, 1.54) is 42.5 Å². The van der Waals surface area contributed by atoms with Gasteiger partial charge in [-0.05, 0) is 29.8 Å². The maximum atomic E-state index is 13.0. The molecule has 0 bridgehead atoms. The van der Waals surface area contributed by atoms with Gasteiger partial charge >= 0.3 is 0 Å². The van der Waals surface area contributed by atoms with Crippen molar-refractivity contribution in [2.24, 2.45) is 0 Å². The van der Waals surface area contributed by atoms with Gasteiger partial charge in [0.05, 0.1) is 0 Å². The molecule has 0 radical (unpaired) electrons. The third-order valence-corrected chi connectivity index (χ3v) is 3.96. The highest BCUT2D eigenvalue weighted by atomic mass is 32.2. The zero-order valence-corrected chi connectivity index (χ0v) is 10.7. The first-order valence-corrected chi connectivity index (χ1v) is 6.99. The molecule has 0 spiro atoms. The Kier molecular flexibility index (Phi) is 3.82. The van der Waals surface area contributed by atoms with Crippen LogP contribution in [0.4, 0.5) is 4.39 Å². The van der Waals surface area contributed by atoms with Crippen LogP contribution >= 0.6 is 0 Å². The quantitative estimate of drug-likeness (QED) is 0.901. The molecule has 0 aliphatic heterocycles. The summed E-state index contributed by atoms with van der Waals surface area (Å²) in [5.41, 5.74) is 0.499. The van der Waals surface area contributed by atoms with Crippen LogP contribution in [0.2, 0.25) is 0 Å². The Morgan fingerprint density at radius 3 is 2.53 bits per heavy atom. The third kappa shape index (κ3) is 3.30. The van der Waals surface area contributed by atoms with Crippen LogP contribution in [0.1, 0.15) is 5.56 Å². The van der Waals surface area contributed by atoms with Crippen LogP contribution in [0.3, 0.4) is 0 Å². The largest absolute Gasteiger partial charge is 0.507 e. The molecule has 0 saturated heterocycles. The second kappa shape index (κ2) is 5.38. The Hall–Kier alpha value is -1.92. The Labute approximate surface area is 110 Å². The SMILES string of the molecule is O=S(=O)(NCc1cccc(F)c1)c1ccccc1O. The van der Waals surface area contributed by atoms with Gasteiger partial charge in [0.25, 0.3) is 0 Å². The van der Waals surface area contributed by atoms with E-state index in [1.54, 1.807) is 6.07 Å². The van der Waals surface area contributed by atoms with Crippen molar-refractivity contribution in [2.75, 3.05) is 0 Å². The van der Waals surface area contributed by atoms with Gasteiger partial charge in [-0.1, -0.05) is 24.3 Å². The molecule has 0 fully saturated rings. The number of halogens is 1. The maximum absolute atomic E-state index is 13.0. The minimum absolute atomic E-state index is 0.0472. The highest BCUT2D eigenvalue weighted by molar-refractivity contribution is 7.89. The van der Waals surface area contributed by atoms with E-state index in [9.17, 15) is 17.9 Å². The first kappa shape index (κ1) is 13.5. The average molecular weight is 281 g/mol. The number of para-hydroxylation sites is 1. The lowest BCUT2D eigenvalue weighted by molar-refractivity contribution is 0.458. The molecule has 2 N–H and O–H groups in total. The Morgan fingerprint density at radius 1 is 1.11 bits per heavy atom. The van der Waals surface area contributed by atoms with E-state index in [0.717, 1.165) is 0 Å². The van der Waals surface area contributed by atoms with Gasteiger partial charge in [-0.15, -0.1) is 0 Å². The van der Waals surface area contributed by atoms with E-state index in [1.807, 2.05) is 0 Å². The summed E-state index contributed by atoms with van der Waals surface area (Å²) in [7, 11) is -3.82. The summed E-state index contributed by atoms with van der Waals surface area (Å²) >= 11 is 0. The lowest BCUT2D eigenvalue weighted by Crippen LogP contribution is -2.23. The van der Waals surface area contributed by atoms with Crippen molar-refractivity contribution in [1.82, 2.24) is 4.72 Å². The molecular formula is C13H12FNO3S. The van der Waals surface area contributed by atoms with Crippen molar-refractivity contribution in [3.63, 3.8) is 0 Å². The molecule has 6 heteroatoms. The van der Waals surface area contributed by atoms with Crippen molar-refractivity contribution in [2.45, 2.75) is 11.4 Å². The fourth-order valence-corrected chi connectivity index (χ4v) is 2.70. The minimum atomic E-state index is -3.82. The Bertz CT molecular complexity index is 686. The van der Waals surface area contributed by atoms with Crippen LogP contribution in [0.5, 0.6) is 5.75 Å². The lowest BCUT2D eigenvalue weighted by atomic mass is 10.2. The van der Waals surface area contributed by atoms with E-state index in [0.29, 0.717) is 5.56 Å². The van der Waals surface area contributed by atoms with Crippen LogP contribution in [0.15, 0.2) is 53.4 Å². The number of hydrogen-bond acceptors (Lipinski definition) is 3. The summed E-state index contributed by atoms with van der Waals surface area (Å²) in [5.74, 6) is -0.756. The standard InChI is InChI=1S/C13H12FNO3S/c14-11-5-3-4-10(8-11)9-15-19(17,18)13-7-2-1-6-12(13)16/h1-8,15-16H,9H2. The zero-order chi connectivity index (χ0) is 13.9. The second-order valence-electron chi connectivity index (χ2n) is 3.92. The fraction of sp³-hybridized carbons (Fsp3) is 0.0769. The summed E-state index contributed by atoms with van der Waals surface area (Å²) in [4.78, 5) is -0.202. The highest BCUT2D eigenvalue weighted by Gasteiger charge is 2.17. The predicted molar refractivity (Wildman–Crippen MR) is 68.5 cm³/mol. The van der Waals surface area contributed by atoms with Gasteiger partial charge in [-0.25, -0.2) is 17.5 Å². The highest BCUT2D eigenvalue weighted by Crippen LogP contribution is 2.21. The molecule has 2 rings (SSSR count). The summed E-state index contributed by atoms with van der Waals surface area (Å²) in [6, 6.07) is 11.3. The summed E-state index contributed by atoms with van der Waals surface area (Å²) < 4.78 is 39.2. The summed E-state index contributed by atoms with van der Waals surface area (Å²) in [6.45, 7) is -0.0472. The number of nitrogens with one attached hydrogen (secondary N) is 1. The van der Waals surface area contributed by atoms with Crippen LogP contribution in [0, 0.1) is 5.82 Å². The van der Waals surface area contributed by atoms with Gasteiger partial charge in [0.2, 0.25) is 10.0 Å². The zero-order valence-electron chi connectivity index (χ0n) is 9.88. The van der Waals surface area contributed by atoms with Crippen LogP contribution < -0.4 is 4.72 Å². The molecule has 19 heavy (non-hydrogen) atoms. The van der Waals surface area contributed by atoms with Gasteiger partial charge in [0.15, 0.2) is 0 Å². The molecular weight excluding hydrogens is 269 g/mol. The molecule has 0 atom stereocenters. The second-order valence-corrected chi connectivity index (χ2v) is 5.66. The number of phenolic OH excluding ortho intramolecular Hbond substituents is 1. The Morgan fingerprint density at radius 2 is 1.84 bits per heavy atom. The molecule has 0 saturated carbocycles. The molecule has 4 nitrogen and oxygen atoms in total. The third-order valence-electron chi connectivity index (χ3n) is 2.51.